The van der Waals surface area contributed by atoms with Gasteiger partial charge < -0.3 is 10.6 Å². The molecule has 0 radical (unpaired) electrons. The smallest absolute Gasteiger partial charge is 0.235 e. The highest BCUT2D eigenvalue weighted by Gasteiger charge is 2.34. The van der Waals surface area contributed by atoms with Crippen molar-refractivity contribution in [1.82, 2.24) is 0 Å². The third-order valence-electron chi connectivity index (χ3n) is 4.55. The fraction of sp³-hybridized carbons (Fsp3) is 0.278. The van der Waals surface area contributed by atoms with E-state index in [4.69, 9.17) is 5.73 Å². The number of amides is 1. The quantitative estimate of drug-likeness (QED) is 0.821. The zero-order chi connectivity index (χ0) is 15.1. The molecule has 0 aromatic heterocycles. The summed E-state index contributed by atoms with van der Waals surface area (Å²) in [5.41, 5.74) is 10.2. The van der Waals surface area contributed by atoms with Crippen LogP contribution in [0.15, 0.2) is 47.4 Å². The standard InChI is InChI=1S/C18H18N2OS/c19-15-7-3-8-16-13(15)6-4-10-20(16)18(21)14-11-22-17-9-2-1-5-12(14)17/h1-3,5,7-9,14H,4,6,10-11,19H2. The molecule has 1 atom stereocenters. The van der Waals surface area contributed by atoms with E-state index in [0.717, 1.165) is 42.1 Å². The first-order valence-corrected chi connectivity index (χ1v) is 8.65. The number of hydrogen-bond donors (Lipinski definition) is 1. The lowest BCUT2D eigenvalue weighted by atomic mass is 9.95. The summed E-state index contributed by atoms with van der Waals surface area (Å²) >= 11 is 1.78. The van der Waals surface area contributed by atoms with Crippen LogP contribution in [0.3, 0.4) is 0 Å². The summed E-state index contributed by atoms with van der Waals surface area (Å²) in [4.78, 5) is 16.3. The van der Waals surface area contributed by atoms with E-state index in [1.807, 2.05) is 35.2 Å². The zero-order valence-electron chi connectivity index (χ0n) is 12.3. The molecule has 112 valence electrons. The number of fused-ring (bicyclic) bond motifs is 2. The van der Waals surface area contributed by atoms with Gasteiger partial charge in [0.2, 0.25) is 5.91 Å². The molecule has 1 amide bonds. The summed E-state index contributed by atoms with van der Waals surface area (Å²) in [7, 11) is 0. The maximum atomic E-state index is 13.1. The van der Waals surface area contributed by atoms with E-state index < -0.39 is 0 Å². The van der Waals surface area contributed by atoms with Gasteiger partial charge in [0.25, 0.3) is 0 Å². The summed E-state index contributed by atoms with van der Waals surface area (Å²) in [6.07, 6.45) is 1.94. The molecule has 2 aliphatic heterocycles. The highest BCUT2D eigenvalue weighted by Crippen LogP contribution is 2.42. The van der Waals surface area contributed by atoms with Gasteiger partial charge in [-0.3, -0.25) is 4.79 Å². The van der Waals surface area contributed by atoms with Crippen molar-refractivity contribution in [3.05, 3.63) is 53.6 Å². The van der Waals surface area contributed by atoms with Gasteiger partial charge in [-0.15, -0.1) is 11.8 Å². The minimum Gasteiger partial charge on any atom is -0.398 e. The van der Waals surface area contributed by atoms with Crippen LogP contribution in [0.1, 0.15) is 23.5 Å². The van der Waals surface area contributed by atoms with Crippen molar-refractivity contribution in [1.29, 1.82) is 0 Å². The molecule has 2 heterocycles. The second-order valence-corrected chi connectivity index (χ2v) is 6.90. The minimum atomic E-state index is -0.0337. The first-order chi connectivity index (χ1) is 10.8. The lowest BCUT2D eigenvalue weighted by Gasteiger charge is -2.32. The fourth-order valence-corrected chi connectivity index (χ4v) is 4.66. The first kappa shape index (κ1) is 13.7. The Morgan fingerprint density at radius 2 is 2.05 bits per heavy atom. The predicted molar refractivity (Wildman–Crippen MR) is 91.4 cm³/mol. The monoisotopic (exact) mass is 310 g/mol. The number of nitrogen functional groups attached to an aromatic ring is 1. The molecule has 4 heteroatoms. The van der Waals surface area contributed by atoms with E-state index >= 15 is 0 Å². The van der Waals surface area contributed by atoms with Crippen molar-refractivity contribution in [2.75, 3.05) is 22.9 Å². The van der Waals surface area contributed by atoms with Gasteiger partial charge in [-0.05, 0) is 42.2 Å². The molecule has 2 aromatic rings. The van der Waals surface area contributed by atoms with Crippen molar-refractivity contribution < 1.29 is 4.79 Å². The van der Waals surface area contributed by atoms with Crippen LogP contribution < -0.4 is 10.6 Å². The molecule has 22 heavy (non-hydrogen) atoms. The van der Waals surface area contributed by atoms with E-state index in [-0.39, 0.29) is 11.8 Å². The summed E-state index contributed by atoms with van der Waals surface area (Å²) in [6.45, 7) is 0.790. The maximum Gasteiger partial charge on any atom is 0.235 e. The molecule has 0 bridgehead atoms. The Labute approximate surface area is 134 Å². The number of carbonyl (C=O) groups is 1. The van der Waals surface area contributed by atoms with E-state index in [9.17, 15) is 4.79 Å². The number of carbonyl (C=O) groups excluding carboxylic acids is 1. The SMILES string of the molecule is Nc1cccc2c1CCCN2C(=O)C1CSc2ccccc21. The average molecular weight is 310 g/mol. The van der Waals surface area contributed by atoms with Crippen LogP contribution in [-0.4, -0.2) is 18.2 Å². The van der Waals surface area contributed by atoms with Crippen LogP contribution in [0, 0.1) is 0 Å². The van der Waals surface area contributed by atoms with Crippen LogP contribution in [-0.2, 0) is 11.2 Å². The normalized spacial score (nSPS) is 19.6. The summed E-state index contributed by atoms with van der Waals surface area (Å²) in [6, 6.07) is 14.1. The van der Waals surface area contributed by atoms with Gasteiger partial charge in [-0.1, -0.05) is 24.3 Å². The second kappa shape index (κ2) is 5.36. The molecule has 2 aromatic carbocycles. The Morgan fingerprint density at radius 1 is 1.18 bits per heavy atom. The van der Waals surface area contributed by atoms with Gasteiger partial charge >= 0.3 is 0 Å². The van der Waals surface area contributed by atoms with Gasteiger partial charge in [-0.2, -0.15) is 0 Å². The van der Waals surface area contributed by atoms with Crippen LogP contribution in [0.2, 0.25) is 0 Å². The molecular weight excluding hydrogens is 292 g/mol. The fourth-order valence-electron chi connectivity index (χ4n) is 3.44. The summed E-state index contributed by atoms with van der Waals surface area (Å²) in [5, 5.41) is 0. The number of thioether (sulfide) groups is 1. The highest BCUT2D eigenvalue weighted by atomic mass is 32.2. The van der Waals surface area contributed by atoms with Crippen LogP contribution in [0.4, 0.5) is 11.4 Å². The van der Waals surface area contributed by atoms with Crippen molar-refractivity contribution in [3.8, 4) is 0 Å². The first-order valence-electron chi connectivity index (χ1n) is 7.66. The molecule has 2 N–H and O–H groups in total. The summed E-state index contributed by atoms with van der Waals surface area (Å²) < 4.78 is 0. The number of nitrogens with two attached hydrogens (primary N) is 1. The number of anilines is 2. The molecule has 1 unspecified atom stereocenters. The van der Waals surface area contributed by atoms with E-state index in [0.29, 0.717) is 0 Å². The van der Waals surface area contributed by atoms with Gasteiger partial charge in [0.15, 0.2) is 0 Å². The molecule has 0 fully saturated rings. The number of rotatable bonds is 1. The molecule has 3 nitrogen and oxygen atoms in total. The lowest BCUT2D eigenvalue weighted by Crippen LogP contribution is -2.39. The number of hydrogen-bond acceptors (Lipinski definition) is 3. The Morgan fingerprint density at radius 3 is 2.95 bits per heavy atom. The van der Waals surface area contributed by atoms with E-state index in [2.05, 4.69) is 12.1 Å². The molecule has 4 rings (SSSR count). The van der Waals surface area contributed by atoms with Crippen molar-refractivity contribution in [2.45, 2.75) is 23.7 Å². The van der Waals surface area contributed by atoms with Gasteiger partial charge in [0.05, 0.1) is 5.92 Å². The highest BCUT2D eigenvalue weighted by molar-refractivity contribution is 7.99. The molecule has 2 aliphatic rings. The van der Waals surface area contributed by atoms with E-state index in [1.165, 1.54) is 10.5 Å². The van der Waals surface area contributed by atoms with Crippen molar-refractivity contribution in [2.24, 2.45) is 0 Å². The van der Waals surface area contributed by atoms with Crippen LogP contribution in [0.25, 0.3) is 0 Å². The number of benzene rings is 2. The molecule has 0 saturated carbocycles. The zero-order valence-corrected chi connectivity index (χ0v) is 13.1. The van der Waals surface area contributed by atoms with Crippen molar-refractivity contribution >= 4 is 29.0 Å². The molecule has 0 spiro atoms. The largest absolute Gasteiger partial charge is 0.398 e. The van der Waals surface area contributed by atoms with Gasteiger partial charge in [-0.25, -0.2) is 0 Å². The Balaban J connectivity index is 1.70. The Bertz CT molecular complexity index is 744. The third-order valence-corrected chi connectivity index (χ3v) is 5.73. The Kier molecular flexibility index (Phi) is 3.34. The summed E-state index contributed by atoms with van der Waals surface area (Å²) in [5.74, 6) is 1.02. The predicted octanol–water partition coefficient (Wildman–Crippen LogP) is 3.44. The molecule has 0 saturated heterocycles. The second-order valence-electron chi connectivity index (χ2n) is 5.84. The minimum absolute atomic E-state index is 0.0337. The molecule has 0 aliphatic carbocycles. The van der Waals surface area contributed by atoms with Crippen LogP contribution in [0.5, 0.6) is 0 Å². The van der Waals surface area contributed by atoms with Gasteiger partial charge in [0.1, 0.15) is 0 Å². The number of nitrogens with zero attached hydrogens (tertiary/aromatic N) is 1. The van der Waals surface area contributed by atoms with Gasteiger partial charge in [0, 0.05) is 28.6 Å². The van der Waals surface area contributed by atoms with Crippen molar-refractivity contribution in [3.63, 3.8) is 0 Å². The topological polar surface area (TPSA) is 46.3 Å². The van der Waals surface area contributed by atoms with Crippen LogP contribution >= 0.6 is 11.8 Å². The Hall–Kier alpha value is -1.94. The van der Waals surface area contributed by atoms with E-state index in [1.54, 1.807) is 11.8 Å². The molecular formula is C18H18N2OS. The average Bonchev–Trinajstić information content (AvgIpc) is 2.98. The lowest BCUT2D eigenvalue weighted by molar-refractivity contribution is -0.119. The third kappa shape index (κ3) is 2.10. The maximum absolute atomic E-state index is 13.1.